The van der Waals surface area contributed by atoms with E-state index >= 15 is 0 Å². The average molecular weight is 282 g/mol. The van der Waals surface area contributed by atoms with Crippen molar-refractivity contribution in [1.29, 1.82) is 0 Å². The predicted molar refractivity (Wildman–Crippen MR) is 66.1 cm³/mol. The van der Waals surface area contributed by atoms with Crippen LogP contribution in [0.15, 0.2) is 28.7 Å². The second kappa shape index (κ2) is 6.91. The molecule has 16 heavy (non-hydrogen) atoms. The molecular weight excluding hydrogens is 270 g/mol. The van der Waals surface area contributed by atoms with Gasteiger partial charge in [0.05, 0.1) is 6.54 Å². The summed E-state index contributed by atoms with van der Waals surface area (Å²) < 4.78 is 6.35. The fourth-order valence-electron chi connectivity index (χ4n) is 0.958. The van der Waals surface area contributed by atoms with Gasteiger partial charge >= 0.3 is 0 Å². The quantitative estimate of drug-likeness (QED) is 0.861. The van der Waals surface area contributed by atoms with E-state index < -0.39 is 0 Å². The highest BCUT2D eigenvalue weighted by Gasteiger charge is 1.91. The molecule has 4 heteroatoms. The van der Waals surface area contributed by atoms with Gasteiger partial charge in [-0.15, -0.1) is 0 Å². The van der Waals surface area contributed by atoms with Gasteiger partial charge in [0.1, 0.15) is 12.4 Å². The summed E-state index contributed by atoms with van der Waals surface area (Å²) in [6, 6.07) is 7.55. The molecule has 3 nitrogen and oxygen atoms in total. The normalized spacial score (nSPS) is 8.88. The van der Waals surface area contributed by atoms with E-state index in [-0.39, 0.29) is 5.91 Å². The highest BCUT2D eigenvalue weighted by Crippen LogP contribution is 2.17. The Bertz CT molecular complexity index is 421. The lowest BCUT2D eigenvalue weighted by molar-refractivity contribution is -0.118. The van der Waals surface area contributed by atoms with Crippen molar-refractivity contribution < 1.29 is 9.53 Å². The van der Waals surface area contributed by atoms with E-state index in [4.69, 9.17) is 4.74 Å². The van der Waals surface area contributed by atoms with Crippen molar-refractivity contribution in [1.82, 2.24) is 5.32 Å². The largest absolute Gasteiger partial charge is 0.481 e. The number of rotatable bonds is 3. The molecule has 0 aromatic heterocycles. The van der Waals surface area contributed by atoms with Gasteiger partial charge in [-0.25, -0.2) is 0 Å². The first kappa shape index (κ1) is 12.6. The molecule has 84 valence electrons. The maximum absolute atomic E-state index is 10.5. The minimum atomic E-state index is -0.0813. The monoisotopic (exact) mass is 281 g/mol. The minimum Gasteiger partial charge on any atom is -0.481 e. The molecule has 0 bridgehead atoms. The first-order valence-electron chi connectivity index (χ1n) is 4.77. The second-order valence-corrected chi connectivity index (χ2v) is 3.93. The number of hydrogen-bond acceptors (Lipinski definition) is 2. The Labute approximate surface area is 103 Å². The summed E-state index contributed by atoms with van der Waals surface area (Å²) >= 11 is 3.35. The molecule has 1 aromatic carbocycles. The zero-order valence-electron chi connectivity index (χ0n) is 8.92. The molecule has 0 radical (unpaired) electrons. The zero-order valence-corrected chi connectivity index (χ0v) is 10.5. The molecule has 0 unspecified atom stereocenters. The van der Waals surface area contributed by atoms with Gasteiger partial charge in [-0.05, 0) is 18.2 Å². The van der Waals surface area contributed by atoms with Crippen molar-refractivity contribution in [2.75, 3.05) is 13.2 Å². The molecule has 0 aliphatic carbocycles. The maximum Gasteiger partial charge on any atom is 0.217 e. The molecule has 0 saturated heterocycles. The van der Waals surface area contributed by atoms with Crippen LogP contribution >= 0.6 is 15.9 Å². The Morgan fingerprint density at radius 2 is 2.31 bits per heavy atom. The molecule has 0 spiro atoms. The summed E-state index contributed by atoms with van der Waals surface area (Å²) in [6.07, 6.45) is 0. The molecule has 0 aliphatic rings. The standard InChI is InChI=1S/C12H12BrNO2/c1-10(15)14-7-2-3-8-16-12-6-4-5-11(13)9-12/h4-6,9H,7-8H2,1H3,(H,14,15). The van der Waals surface area contributed by atoms with Gasteiger partial charge in [0.25, 0.3) is 0 Å². The Balaban J connectivity index is 2.27. The highest BCUT2D eigenvalue weighted by molar-refractivity contribution is 9.10. The number of hydrogen-bond donors (Lipinski definition) is 1. The van der Waals surface area contributed by atoms with E-state index in [1.807, 2.05) is 24.3 Å². The topological polar surface area (TPSA) is 38.3 Å². The first-order valence-corrected chi connectivity index (χ1v) is 5.56. The van der Waals surface area contributed by atoms with Crippen LogP contribution in [0.3, 0.4) is 0 Å². The summed E-state index contributed by atoms with van der Waals surface area (Å²) in [5.41, 5.74) is 0. The molecule has 0 fully saturated rings. The van der Waals surface area contributed by atoms with Crippen LogP contribution in [-0.2, 0) is 4.79 Å². The van der Waals surface area contributed by atoms with Gasteiger partial charge in [0, 0.05) is 11.4 Å². The van der Waals surface area contributed by atoms with Crippen LogP contribution in [0, 0.1) is 11.8 Å². The van der Waals surface area contributed by atoms with E-state index in [1.165, 1.54) is 6.92 Å². The lowest BCUT2D eigenvalue weighted by Gasteiger charge is -2.01. The number of halogens is 1. The van der Waals surface area contributed by atoms with Gasteiger partial charge in [-0.1, -0.05) is 33.8 Å². The van der Waals surface area contributed by atoms with Crippen LogP contribution < -0.4 is 10.1 Å². The predicted octanol–water partition coefficient (Wildman–Crippen LogP) is 1.97. The maximum atomic E-state index is 10.5. The second-order valence-electron chi connectivity index (χ2n) is 3.01. The van der Waals surface area contributed by atoms with E-state index in [0.29, 0.717) is 13.2 Å². The average Bonchev–Trinajstić information content (AvgIpc) is 2.23. The van der Waals surface area contributed by atoms with Crippen molar-refractivity contribution in [3.63, 3.8) is 0 Å². The van der Waals surface area contributed by atoms with Crippen molar-refractivity contribution in [2.24, 2.45) is 0 Å². The summed E-state index contributed by atoms with van der Waals surface area (Å²) in [5.74, 6) is 6.27. The van der Waals surface area contributed by atoms with Crippen LogP contribution in [0.5, 0.6) is 5.75 Å². The van der Waals surface area contributed by atoms with Crippen LogP contribution in [-0.4, -0.2) is 19.1 Å². The number of benzene rings is 1. The van der Waals surface area contributed by atoms with Crippen LogP contribution in [0.1, 0.15) is 6.92 Å². The third-order valence-corrected chi connectivity index (χ3v) is 2.15. The van der Waals surface area contributed by atoms with Gasteiger partial charge in [0.15, 0.2) is 0 Å². The van der Waals surface area contributed by atoms with E-state index in [1.54, 1.807) is 0 Å². The molecule has 0 aliphatic heterocycles. The number of ether oxygens (including phenoxy) is 1. The summed E-state index contributed by atoms with van der Waals surface area (Å²) in [4.78, 5) is 10.5. The number of carbonyl (C=O) groups excluding carboxylic acids is 1. The van der Waals surface area contributed by atoms with E-state index in [9.17, 15) is 4.79 Å². The highest BCUT2D eigenvalue weighted by atomic mass is 79.9. The van der Waals surface area contributed by atoms with Crippen molar-refractivity contribution >= 4 is 21.8 Å². The Morgan fingerprint density at radius 3 is 3.00 bits per heavy atom. The smallest absolute Gasteiger partial charge is 0.217 e. The van der Waals surface area contributed by atoms with Crippen LogP contribution in [0.25, 0.3) is 0 Å². The molecule has 1 amide bonds. The molecule has 1 rings (SSSR count). The Hall–Kier alpha value is -1.47. The Kier molecular flexibility index (Phi) is 5.44. The van der Waals surface area contributed by atoms with E-state index in [2.05, 4.69) is 33.1 Å². The van der Waals surface area contributed by atoms with Crippen molar-refractivity contribution in [3.05, 3.63) is 28.7 Å². The fourth-order valence-corrected chi connectivity index (χ4v) is 1.34. The number of carbonyl (C=O) groups is 1. The number of nitrogens with one attached hydrogen (secondary N) is 1. The van der Waals surface area contributed by atoms with Gasteiger partial charge in [-0.2, -0.15) is 0 Å². The fraction of sp³-hybridized carbons (Fsp3) is 0.250. The molecule has 0 heterocycles. The molecule has 0 saturated carbocycles. The lowest BCUT2D eigenvalue weighted by Crippen LogP contribution is -2.19. The third-order valence-electron chi connectivity index (χ3n) is 1.66. The number of amides is 1. The summed E-state index contributed by atoms with van der Waals surface area (Å²) in [6.45, 7) is 2.13. The first-order chi connectivity index (χ1) is 7.68. The van der Waals surface area contributed by atoms with Gasteiger partial charge in [0.2, 0.25) is 5.91 Å². The molecule has 1 aromatic rings. The Morgan fingerprint density at radius 1 is 1.50 bits per heavy atom. The summed E-state index contributed by atoms with van der Waals surface area (Å²) in [5, 5.41) is 2.58. The SMILES string of the molecule is CC(=O)NCC#CCOc1cccc(Br)c1. The third kappa shape index (κ3) is 5.42. The van der Waals surface area contributed by atoms with Crippen LogP contribution in [0.2, 0.25) is 0 Å². The molecule has 1 N–H and O–H groups in total. The minimum absolute atomic E-state index is 0.0813. The lowest BCUT2D eigenvalue weighted by atomic mass is 10.3. The van der Waals surface area contributed by atoms with Crippen molar-refractivity contribution in [2.45, 2.75) is 6.92 Å². The van der Waals surface area contributed by atoms with Crippen LogP contribution in [0.4, 0.5) is 0 Å². The van der Waals surface area contributed by atoms with Gasteiger partial charge < -0.3 is 10.1 Å². The van der Waals surface area contributed by atoms with Crippen molar-refractivity contribution in [3.8, 4) is 17.6 Å². The zero-order chi connectivity index (χ0) is 11.8. The molecular formula is C12H12BrNO2. The summed E-state index contributed by atoms with van der Waals surface area (Å²) in [7, 11) is 0. The van der Waals surface area contributed by atoms with Gasteiger partial charge in [-0.3, -0.25) is 4.79 Å². The molecule has 0 atom stereocenters. The van der Waals surface area contributed by atoms with E-state index in [0.717, 1.165) is 10.2 Å².